The van der Waals surface area contributed by atoms with E-state index in [0.29, 0.717) is 24.6 Å². The third-order valence-corrected chi connectivity index (χ3v) is 6.71. The van der Waals surface area contributed by atoms with Crippen LogP contribution in [0.3, 0.4) is 0 Å². The molecule has 7 heteroatoms. The minimum atomic E-state index is -0.0992. The molecule has 7 nitrogen and oxygen atoms in total. The fourth-order valence-corrected chi connectivity index (χ4v) is 4.98. The Bertz CT molecular complexity index is 953. The van der Waals surface area contributed by atoms with Gasteiger partial charge >= 0.3 is 0 Å². The molecule has 1 amide bonds. The van der Waals surface area contributed by atoms with Gasteiger partial charge in [0.1, 0.15) is 0 Å². The fourth-order valence-electron chi connectivity index (χ4n) is 4.98. The molecule has 0 bridgehead atoms. The first-order valence-electron chi connectivity index (χ1n) is 11.6. The first kappa shape index (κ1) is 22.7. The number of rotatable bonds is 7. The summed E-state index contributed by atoms with van der Waals surface area (Å²) in [6, 6.07) is 8.96. The molecule has 0 radical (unpaired) electrons. The molecule has 1 aliphatic heterocycles. The molecule has 0 spiro atoms. The first-order chi connectivity index (χ1) is 15.4. The zero-order chi connectivity index (χ0) is 22.7. The van der Waals surface area contributed by atoms with Crippen molar-refractivity contribution in [2.75, 3.05) is 39.2 Å². The van der Waals surface area contributed by atoms with Crippen molar-refractivity contribution in [2.24, 2.45) is 0 Å². The first-order valence-corrected chi connectivity index (χ1v) is 11.6. The molecule has 1 aliphatic carbocycles. The van der Waals surface area contributed by atoms with Gasteiger partial charge in [-0.1, -0.05) is 19.9 Å². The summed E-state index contributed by atoms with van der Waals surface area (Å²) in [6.07, 6.45) is 6.29. The van der Waals surface area contributed by atoms with Gasteiger partial charge in [-0.2, -0.15) is 0 Å². The second-order valence-electron chi connectivity index (χ2n) is 9.71. The number of carbonyl (C=O) groups is 1. The SMILES string of the molecule is COCCN[C@H]1CC[C@H](Nc2nccc(-c3ccc4c(c3)C(C)(C)CN(C)C4=O)n2)CC1. The lowest BCUT2D eigenvalue weighted by molar-refractivity contribution is 0.0737. The fraction of sp³-hybridized carbons (Fsp3) is 0.560. The summed E-state index contributed by atoms with van der Waals surface area (Å²) in [5, 5.41) is 7.10. The van der Waals surface area contributed by atoms with Crippen LogP contribution in [-0.2, 0) is 10.2 Å². The van der Waals surface area contributed by atoms with Crippen molar-refractivity contribution in [3.63, 3.8) is 0 Å². The van der Waals surface area contributed by atoms with Gasteiger partial charge in [0.15, 0.2) is 0 Å². The number of fused-ring (bicyclic) bond motifs is 1. The number of aromatic nitrogens is 2. The Labute approximate surface area is 191 Å². The summed E-state index contributed by atoms with van der Waals surface area (Å²) in [4.78, 5) is 23.7. The molecule has 1 aromatic carbocycles. The topological polar surface area (TPSA) is 79.4 Å². The van der Waals surface area contributed by atoms with E-state index in [0.717, 1.165) is 61.2 Å². The molecule has 4 rings (SSSR count). The zero-order valence-corrected chi connectivity index (χ0v) is 19.6. The summed E-state index contributed by atoms with van der Waals surface area (Å²) in [5.74, 6) is 0.759. The third kappa shape index (κ3) is 4.94. The van der Waals surface area contributed by atoms with Crippen molar-refractivity contribution in [2.45, 2.75) is 57.0 Å². The number of likely N-dealkylation sites (N-methyl/N-ethyl adjacent to an activating group) is 1. The summed E-state index contributed by atoms with van der Waals surface area (Å²) < 4.78 is 5.12. The van der Waals surface area contributed by atoms with Gasteiger partial charge in [0, 0.05) is 62.1 Å². The Balaban J connectivity index is 1.45. The van der Waals surface area contributed by atoms with E-state index in [1.54, 1.807) is 12.0 Å². The number of hydrogen-bond acceptors (Lipinski definition) is 6. The van der Waals surface area contributed by atoms with Gasteiger partial charge in [-0.3, -0.25) is 4.79 Å². The van der Waals surface area contributed by atoms with Crippen LogP contribution < -0.4 is 10.6 Å². The van der Waals surface area contributed by atoms with Crippen molar-refractivity contribution in [3.8, 4) is 11.3 Å². The van der Waals surface area contributed by atoms with E-state index in [4.69, 9.17) is 9.72 Å². The van der Waals surface area contributed by atoms with Gasteiger partial charge in [0.25, 0.3) is 5.91 Å². The van der Waals surface area contributed by atoms with Crippen LogP contribution in [-0.4, -0.2) is 66.7 Å². The zero-order valence-electron chi connectivity index (χ0n) is 19.6. The van der Waals surface area contributed by atoms with E-state index >= 15 is 0 Å². The highest BCUT2D eigenvalue weighted by Gasteiger charge is 2.35. The highest BCUT2D eigenvalue weighted by Crippen LogP contribution is 2.35. The molecule has 0 unspecified atom stereocenters. The van der Waals surface area contributed by atoms with Crippen molar-refractivity contribution in [1.82, 2.24) is 20.2 Å². The quantitative estimate of drug-likeness (QED) is 0.646. The lowest BCUT2D eigenvalue weighted by Gasteiger charge is -2.37. The number of methoxy groups -OCH3 is 1. The number of nitrogens with zero attached hydrogens (tertiary/aromatic N) is 3. The normalized spacial score (nSPS) is 22.5. The molecule has 2 heterocycles. The number of nitrogens with one attached hydrogen (secondary N) is 2. The van der Waals surface area contributed by atoms with Crippen molar-refractivity contribution in [1.29, 1.82) is 0 Å². The second-order valence-corrected chi connectivity index (χ2v) is 9.71. The monoisotopic (exact) mass is 437 g/mol. The van der Waals surface area contributed by atoms with Gasteiger partial charge in [-0.25, -0.2) is 9.97 Å². The minimum Gasteiger partial charge on any atom is -0.383 e. The molecule has 1 saturated carbocycles. The molecule has 2 N–H and O–H groups in total. The Kier molecular flexibility index (Phi) is 6.76. The molecule has 172 valence electrons. The molecule has 2 aromatic rings. The van der Waals surface area contributed by atoms with E-state index in [1.165, 1.54) is 0 Å². The van der Waals surface area contributed by atoms with Crippen LogP contribution in [0.5, 0.6) is 0 Å². The van der Waals surface area contributed by atoms with Crippen LogP contribution in [0, 0.1) is 0 Å². The third-order valence-electron chi connectivity index (χ3n) is 6.71. The summed E-state index contributed by atoms with van der Waals surface area (Å²) in [6.45, 7) is 6.74. The predicted octanol–water partition coefficient (Wildman–Crippen LogP) is 3.47. The van der Waals surface area contributed by atoms with Crippen molar-refractivity contribution < 1.29 is 9.53 Å². The van der Waals surface area contributed by atoms with Crippen LogP contribution >= 0.6 is 0 Å². The maximum atomic E-state index is 12.6. The number of benzene rings is 1. The molecular formula is C25H35N5O2. The van der Waals surface area contributed by atoms with E-state index in [1.807, 2.05) is 31.4 Å². The van der Waals surface area contributed by atoms with E-state index in [-0.39, 0.29) is 11.3 Å². The highest BCUT2D eigenvalue weighted by atomic mass is 16.5. The molecule has 2 aliphatic rings. The lowest BCUT2D eigenvalue weighted by atomic mass is 9.77. The predicted molar refractivity (Wildman–Crippen MR) is 127 cm³/mol. The molecule has 0 atom stereocenters. The van der Waals surface area contributed by atoms with Gasteiger partial charge < -0.3 is 20.3 Å². The Hall–Kier alpha value is -2.51. The van der Waals surface area contributed by atoms with E-state index in [2.05, 4.69) is 35.5 Å². The number of hydrogen-bond donors (Lipinski definition) is 2. The summed E-state index contributed by atoms with van der Waals surface area (Å²) in [7, 11) is 3.60. The summed E-state index contributed by atoms with van der Waals surface area (Å²) >= 11 is 0. The van der Waals surface area contributed by atoms with E-state index in [9.17, 15) is 4.79 Å². The van der Waals surface area contributed by atoms with Crippen LogP contribution in [0.25, 0.3) is 11.3 Å². The van der Waals surface area contributed by atoms with Crippen molar-refractivity contribution in [3.05, 3.63) is 41.6 Å². The molecular weight excluding hydrogens is 402 g/mol. The van der Waals surface area contributed by atoms with Crippen LogP contribution in [0.1, 0.15) is 55.5 Å². The average Bonchev–Trinajstić information content (AvgIpc) is 2.79. The Morgan fingerprint density at radius 1 is 1.16 bits per heavy atom. The number of carbonyl (C=O) groups excluding carboxylic acids is 1. The summed E-state index contributed by atoms with van der Waals surface area (Å²) in [5.41, 5.74) is 3.67. The number of amides is 1. The Morgan fingerprint density at radius 2 is 1.91 bits per heavy atom. The van der Waals surface area contributed by atoms with Gasteiger partial charge in [0.2, 0.25) is 5.95 Å². The molecule has 1 fully saturated rings. The molecule has 0 saturated heterocycles. The Morgan fingerprint density at radius 3 is 2.66 bits per heavy atom. The molecule has 1 aromatic heterocycles. The van der Waals surface area contributed by atoms with Crippen LogP contribution in [0.2, 0.25) is 0 Å². The van der Waals surface area contributed by atoms with Crippen LogP contribution in [0.15, 0.2) is 30.5 Å². The van der Waals surface area contributed by atoms with Crippen LogP contribution in [0.4, 0.5) is 5.95 Å². The highest BCUT2D eigenvalue weighted by molar-refractivity contribution is 5.98. The number of ether oxygens (including phenoxy) is 1. The van der Waals surface area contributed by atoms with E-state index < -0.39 is 0 Å². The standard InChI is InChI=1S/C25H35N5O2/c1-25(2)16-30(3)23(31)20-10-5-17(15-21(20)25)22-11-12-27-24(29-22)28-19-8-6-18(7-9-19)26-13-14-32-4/h5,10-12,15,18-19,26H,6-9,13-14,16H2,1-4H3,(H,27,28,29)/t18-,19-. The largest absolute Gasteiger partial charge is 0.383 e. The number of anilines is 1. The average molecular weight is 438 g/mol. The second kappa shape index (κ2) is 9.55. The maximum absolute atomic E-state index is 12.6. The van der Waals surface area contributed by atoms with Gasteiger partial charge in [-0.05, 0) is 49.4 Å². The van der Waals surface area contributed by atoms with Gasteiger partial charge in [0.05, 0.1) is 12.3 Å². The minimum absolute atomic E-state index is 0.0863. The smallest absolute Gasteiger partial charge is 0.253 e. The van der Waals surface area contributed by atoms with Crippen molar-refractivity contribution >= 4 is 11.9 Å². The maximum Gasteiger partial charge on any atom is 0.253 e. The van der Waals surface area contributed by atoms with Gasteiger partial charge in [-0.15, -0.1) is 0 Å². The molecule has 32 heavy (non-hydrogen) atoms. The lowest BCUT2D eigenvalue weighted by Crippen LogP contribution is -2.44.